The Kier molecular flexibility index (Phi) is 4.19. The van der Waals surface area contributed by atoms with Crippen LogP contribution in [0.25, 0.3) is 22.4 Å². The summed E-state index contributed by atoms with van der Waals surface area (Å²) >= 11 is 0. The highest BCUT2D eigenvalue weighted by atomic mass is 15.1. The molecular weight excluding hydrogens is 314 g/mol. The summed E-state index contributed by atoms with van der Waals surface area (Å²) in [6.07, 6.45) is 5.81. The minimum atomic E-state index is 0.163. The molecule has 0 atom stereocenters. The first-order chi connectivity index (χ1) is 12.6. The van der Waals surface area contributed by atoms with Crippen molar-refractivity contribution >= 4 is 0 Å². The molecule has 2 aromatic carbocycles. The van der Waals surface area contributed by atoms with Crippen LogP contribution in [0.1, 0.15) is 43.4 Å². The Hall–Kier alpha value is -2.41. The zero-order valence-corrected chi connectivity index (χ0v) is 16.3. The lowest BCUT2D eigenvalue weighted by Crippen LogP contribution is -2.60. The van der Waals surface area contributed by atoms with Crippen molar-refractivity contribution in [1.82, 2.24) is 0 Å². The van der Waals surface area contributed by atoms with E-state index >= 15 is 0 Å². The van der Waals surface area contributed by atoms with E-state index in [0.717, 1.165) is 19.3 Å². The molecule has 0 saturated heterocycles. The summed E-state index contributed by atoms with van der Waals surface area (Å²) in [5.74, 6) is 0. The van der Waals surface area contributed by atoms with Gasteiger partial charge in [0.25, 0.3) is 0 Å². The van der Waals surface area contributed by atoms with Crippen molar-refractivity contribution in [3.8, 4) is 22.4 Å². The fourth-order valence-electron chi connectivity index (χ4n) is 4.74. The molecule has 0 N–H and O–H groups in total. The minimum absolute atomic E-state index is 0.163. The number of benzene rings is 2. The molecule has 0 amide bonds. The molecule has 3 aromatic rings. The SMILES string of the molecule is CCC1(CC)Cc2ccccc2-c2ccc(-c3c(C)cccc3C)c[n+]21. The smallest absolute Gasteiger partial charge is 0.192 e. The number of rotatable bonds is 3. The Morgan fingerprint density at radius 1 is 0.846 bits per heavy atom. The quantitative estimate of drug-likeness (QED) is 0.514. The van der Waals surface area contributed by atoms with Gasteiger partial charge in [0.15, 0.2) is 11.7 Å². The van der Waals surface area contributed by atoms with Gasteiger partial charge < -0.3 is 0 Å². The first-order valence-corrected chi connectivity index (χ1v) is 9.80. The van der Waals surface area contributed by atoms with Gasteiger partial charge in [-0.2, -0.15) is 4.57 Å². The van der Waals surface area contributed by atoms with Crippen molar-refractivity contribution in [3.05, 3.63) is 77.5 Å². The van der Waals surface area contributed by atoms with Gasteiger partial charge >= 0.3 is 0 Å². The predicted molar refractivity (Wildman–Crippen MR) is 109 cm³/mol. The zero-order chi connectivity index (χ0) is 18.3. The Labute approximate surface area is 157 Å². The summed E-state index contributed by atoms with van der Waals surface area (Å²) in [5.41, 5.74) is 9.79. The van der Waals surface area contributed by atoms with Crippen LogP contribution in [0.15, 0.2) is 60.8 Å². The molecule has 1 nitrogen and oxygen atoms in total. The van der Waals surface area contributed by atoms with Crippen LogP contribution in [-0.4, -0.2) is 0 Å². The molecule has 0 spiro atoms. The zero-order valence-electron chi connectivity index (χ0n) is 16.3. The lowest BCUT2D eigenvalue weighted by molar-refractivity contribution is -0.758. The highest BCUT2D eigenvalue weighted by Crippen LogP contribution is 2.37. The van der Waals surface area contributed by atoms with Crippen LogP contribution in [0.2, 0.25) is 0 Å². The molecule has 0 aliphatic carbocycles. The van der Waals surface area contributed by atoms with Gasteiger partial charge in [-0.3, -0.25) is 0 Å². The van der Waals surface area contributed by atoms with E-state index in [2.05, 4.69) is 93.1 Å². The van der Waals surface area contributed by atoms with Gasteiger partial charge in [-0.15, -0.1) is 0 Å². The summed E-state index contributed by atoms with van der Waals surface area (Å²) in [6, 6.07) is 20.1. The third-order valence-corrected chi connectivity index (χ3v) is 6.36. The van der Waals surface area contributed by atoms with Crippen LogP contribution >= 0.6 is 0 Å². The Morgan fingerprint density at radius 2 is 1.54 bits per heavy atom. The van der Waals surface area contributed by atoms with Gasteiger partial charge in [0.1, 0.15) is 0 Å². The normalized spacial score (nSPS) is 14.6. The van der Waals surface area contributed by atoms with Crippen molar-refractivity contribution in [1.29, 1.82) is 0 Å². The molecule has 0 bridgehead atoms. The number of fused-ring (bicyclic) bond motifs is 3. The maximum Gasteiger partial charge on any atom is 0.213 e. The molecule has 0 radical (unpaired) electrons. The largest absolute Gasteiger partial charge is 0.213 e. The summed E-state index contributed by atoms with van der Waals surface area (Å²) < 4.78 is 2.58. The van der Waals surface area contributed by atoms with Crippen LogP contribution in [0.3, 0.4) is 0 Å². The van der Waals surface area contributed by atoms with E-state index in [0.29, 0.717) is 0 Å². The van der Waals surface area contributed by atoms with E-state index in [9.17, 15) is 0 Å². The molecule has 2 heterocycles. The first kappa shape index (κ1) is 17.0. The van der Waals surface area contributed by atoms with Crippen molar-refractivity contribution < 1.29 is 4.57 Å². The molecule has 0 fully saturated rings. The summed E-state index contributed by atoms with van der Waals surface area (Å²) in [7, 11) is 0. The van der Waals surface area contributed by atoms with E-state index < -0.39 is 0 Å². The first-order valence-electron chi connectivity index (χ1n) is 9.80. The van der Waals surface area contributed by atoms with Gasteiger partial charge in [0, 0.05) is 36.5 Å². The summed E-state index contributed by atoms with van der Waals surface area (Å²) in [5, 5.41) is 0. The number of aryl methyl sites for hydroxylation is 2. The topological polar surface area (TPSA) is 3.88 Å². The molecule has 1 heteroatoms. The number of hydrogen-bond acceptors (Lipinski definition) is 0. The molecule has 4 rings (SSSR count). The standard InChI is InChI=1S/C25H28N/c1-5-25(6-2)16-20-12-7-8-13-22(20)23-15-14-21(17-26(23)25)24-18(3)10-9-11-19(24)4/h7-15,17H,5-6,16H2,1-4H3/q+1. The van der Waals surface area contributed by atoms with Gasteiger partial charge in [0.05, 0.1) is 0 Å². The molecule has 132 valence electrons. The second-order valence-corrected chi connectivity index (χ2v) is 7.71. The summed E-state index contributed by atoms with van der Waals surface area (Å²) in [6.45, 7) is 9.10. The van der Waals surface area contributed by atoms with Crippen LogP contribution in [0.5, 0.6) is 0 Å². The van der Waals surface area contributed by atoms with E-state index in [4.69, 9.17) is 0 Å². The van der Waals surface area contributed by atoms with Gasteiger partial charge in [-0.05, 0) is 48.2 Å². The maximum absolute atomic E-state index is 2.58. The average molecular weight is 343 g/mol. The van der Waals surface area contributed by atoms with Crippen molar-refractivity contribution in [3.63, 3.8) is 0 Å². The minimum Gasteiger partial charge on any atom is -0.192 e. The lowest BCUT2D eigenvalue weighted by Gasteiger charge is -2.33. The number of nitrogens with zero attached hydrogens (tertiary/aromatic N) is 1. The Morgan fingerprint density at radius 3 is 2.23 bits per heavy atom. The van der Waals surface area contributed by atoms with Crippen molar-refractivity contribution in [2.45, 2.75) is 52.5 Å². The molecule has 0 unspecified atom stereocenters. The fraction of sp³-hybridized carbons (Fsp3) is 0.320. The Bertz CT molecular complexity index is 943. The number of hydrogen-bond donors (Lipinski definition) is 0. The highest BCUT2D eigenvalue weighted by molar-refractivity contribution is 5.71. The fourth-order valence-corrected chi connectivity index (χ4v) is 4.74. The van der Waals surface area contributed by atoms with Crippen LogP contribution in [0, 0.1) is 13.8 Å². The van der Waals surface area contributed by atoms with E-state index in [1.54, 1.807) is 0 Å². The van der Waals surface area contributed by atoms with Gasteiger partial charge in [-0.1, -0.05) is 50.2 Å². The van der Waals surface area contributed by atoms with Crippen LogP contribution < -0.4 is 4.57 Å². The monoisotopic (exact) mass is 342 g/mol. The number of aromatic nitrogens is 1. The van der Waals surface area contributed by atoms with Gasteiger partial charge in [-0.25, -0.2) is 0 Å². The second-order valence-electron chi connectivity index (χ2n) is 7.71. The maximum atomic E-state index is 2.58. The van der Waals surface area contributed by atoms with Crippen LogP contribution in [0.4, 0.5) is 0 Å². The Balaban J connectivity index is 1.99. The third kappa shape index (κ3) is 2.49. The second kappa shape index (κ2) is 6.39. The highest BCUT2D eigenvalue weighted by Gasteiger charge is 2.43. The van der Waals surface area contributed by atoms with E-state index in [1.807, 2.05) is 0 Å². The summed E-state index contributed by atoms with van der Waals surface area (Å²) in [4.78, 5) is 0. The molecule has 0 saturated carbocycles. The molecule has 26 heavy (non-hydrogen) atoms. The molecule has 1 aliphatic heterocycles. The number of pyridine rings is 1. The van der Waals surface area contributed by atoms with Crippen molar-refractivity contribution in [2.24, 2.45) is 0 Å². The molecule has 1 aliphatic rings. The van der Waals surface area contributed by atoms with E-state index in [-0.39, 0.29) is 5.54 Å². The third-order valence-electron chi connectivity index (χ3n) is 6.36. The average Bonchev–Trinajstić information content (AvgIpc) is 2.67. The van der Waals surface area contributed by atoms with Crippen LogP contribution in [-0.2, 0) is 12.0 Å². The lowest BCUT2D eigenvalue weighted by atomic mass is 9.79. The molecule has 1 aromatic heterocycles. The molecular formula is C25H28N+. The van der Waals surface area contributed by atoms with E-state index in [1.165, 1.54) is 39.1 Å². The van der Waals surface area contributed by atoms with Crippen molar-refractivity contribution in [2.75, 3.05) is 0 Å². The van der Waals surface area contributed by atoms with Gasteiger partial charge in [0.2, 0.25) is 5.69 Å². The predicted octanol–water partition coefficient (Wildman–Crippen LogP) is 6.00.